The van der Waals surface area contributed by atoms with Crippen LogP contribution in [0.4, 0.5) is 0 Å². The van der Waals surface area contributed by atoms with Crippen LogP contribution in [0.2, 0.25) is 0 Å². The van der Waals surface area contributed by atoms with E-state index in [1.807, 2.05) is 13.8 Å². The quantitative estimate of drug-likeness (QED) is 0.560. The monoisotopic (exact) mass is 276 g/mol. The second-order valence-corrected chi connectivity index (χ2v) is 4.31. The van der Waals surface area contributed by atoms with E-state index in [1.54, 1.807) is 14.2 Å². The number of hydrogen-bond donors (Lipinski definition) is 0. The van der Waals surface area contributed by atoms with Gasteiger partial charge in [0.1, 0.15) is 13.2 Å². The van der Waals surface area contributed by atoms with Crippen LogP contribution in [0, 0.1) is 0 Å². The van der Waals surface area contributed by atoms with Crippen LogP contribution in [0.15, 0.2) is 0 Å². The number of carbonyl (C=O) groups excluding carboxylic acids is 2. The van der Waals surface area contributed by atoms with Crippen molar-refractivity contribution < 1.29 is 28.5 Å². The summed E-state index contributed by atoms with van der Waals surface area (Å²) in [6.45, 7) is 4.07. The summed E-state index contributed by atoms with van der Waals surface area (Å²) >= 11 is 0. The lowest BCUT2D eigenvalue weighted by molar-refractivity contribution is -0.148. The van der Waals surface area contributed by atoms with Gasteiger partial charge in [-0.3, -0.25) is 9.59 Å². The molecule has 19 heavy (non-hydrogen) atoms. The predicted octanol–water partition coefficient (Wildman–Crippen LogP) is 1.31. The fourth-order valence-electron chi connectivity index (χ4n) is 1.08. The molecule has 0 heterocycles. The molecular formula is C13H24O6. The largest absolute Gasteiger partial charge is 0.463 e. The third-order valence-electron chi connectivity index (χ3n) is 2.52. The zero-order valence-corrected chi connectivity index (χ0v) is 12.1. The Balaban J connectivity index is 3.56. The van der Waals surface area contributed by atoms with Crippen LogP contribution in [0.25, 0.3) is 0 Å². The molecule has 6 heteroatoms. The first-order valence-electron chi connectivity index (χ1n) is 6.36. The molecule has 0 aliphatic heterocycles. The summed E-state index contributed by atoms with van der Waals surface area (Å²) in [5, 5.41) is 0. The zero-order chi connectivity index (χ0) is 14.7. The Bertz CT molecular complexity index is 240. The fourth-order valence-corrected chi connectivity index (χ4v) is 1.08. The first-order chi connectivity index (χ1) is 8.99. The van der Waals surface area contributed by atoms with Gasteiger partial charge >= 0.3 is 11.9 Å². The minimum atomic E-state index is -0.332. The van der Waals surface area contributed by atoms with Crippen molar-refractivity contribution in [2.45, 2.75) is 45.3 Å². The predicted molar refractivity (Wildman–Crippen MR) is 68.7 cm³/mol. The number of carbonyl (C=O) groups is 2. The van der Waals surface area contributed by atoms with Crippen molar-refractivity contribution in [3.8, 4) is 0 Å². The molecule has 0 aromatic rings. The molecule has 0 aromatic heterocycles. The van der Waals surface area contributed by atoms with Crippen LogP contribution in [0.3, 0.4) is 0 Å². The summed E-state index contributed by atoms with van der Waals surface area (Å²) in [4.78, 5) is 22.6. The molecule has 0 radical (unpaired) electrons. The number of rotatable bonds is 10. The molecule has 0 aliphatic carbocycles. The molecule has 0 bridgehead atoms. The van der Waals surface area contributed by atoms with E-state index in [0.717, 1.165) is 0 Å². The van der Waals surface area contributed by atoms with Gasteiger partial charge in [0.05, 0.1) is 12.2 Å². The smallest absolute Gasteiger partial charge is 0.305 e. The summed E-state index contributed by atoms with van der Waals surface area (Å²) in [7, 11) is 3.10. The van der Waals surface area contributed by atoms with Gasteiger partial charge < -0.3 is 18.9 Å². The summed E-state index contributed by atoms with van der Waals surface area (Å²) < 4.78 is 19.8. The molecule has 112 valence electrons. The number of esters is 2. The molecule has 0 aliphatic rings. The van der Waals surface area contributed by atoms with Crippen molar-refractivity contribution in [3.63, 3.8) is 0 Å². The van der Waals surface area contributed by atoms with E-state index in [-0.39, 0.29) is 50.2 Å². The molecule has 0 aromatic carbocycles. The SMILES string of the molecule is COC(C)COC(=O)CCCC(=O)OCC(C)OC. The summed E-state index contributed by atoms with van der Waals surface area (Å²) in [6.07, 6.45) is 0.575. The highest BCUT2D eigenvalue weighted by Crippen LogP contribution is 2.02. The van der Waals surface area contributed by atoms with E-state index in [9.17, 15) is 9.59 Å². The van der Waals surface area contributed by atoms with Crippen LogP contribution in [-0.4, -0.2) is 51.6 Å². The van der Waals surface area contributed by atoms with Gasteiger partial charge in [-0.1, -0.05) is 0 Å². The Kier molecular flexibility index (Phi) is 10.1. The van der Waals surface area contributed by atoms with Crippen molar-refractivity contribution in [1.29, 1.82) is 0 Å². The van der Waals surface area contributed by atoms with Gasteiger partial charge in [-0.05, 0) is 20.3 Å². The van der Waals surface area contributed by atoms with Gasteiger partial charge in [-0.15, -0.1) is 0 Å². The van der Waals surface area contributed by atoms with Crippen molar-refractivity contribution in [1.82, 2.24) is 0 Å². The van der Waals surface area contributed by atoms with Crippen molar-refractivity contribution in [2.75, 3.05) is 27.4 Å². The third-order valence-corrected chi connectivity index (χ3v) is 2.52. The Morgan fingerprint density at radius 2 is 1.21 bits per heavy atom. The first-order valence-corrected chi connectivity index (χ1v) is 6.36. The molecule has 2 atom stereocenters. The lowest BCUT2D eigenvalue weighted by Crippen LogP contribution is -2.18. The molecule has 0 amide bonds. The molecule has 0 rings (SSSR count). The maximum absolute atomic E-state index is 11.3. The van der Waals surface area contributed by atoms with E-state index in [0.29, 0.717) is 6.42 Å². The molecule has 2 unspecified atom stereocenters. The normalized spacial score (nSPS) is 13.7. The van der Waals surface area contributed by atoms with Gasteiger partial charge in [-0.25, -0.2) is 0 Å². The summed E-state index contributed by atoms with van der Waals surface area (Å²) in [6, 6.07) is 0. The first kappa shape index (κ1) is 17.9. The topological polar surface area (TPSA) is 71.1 Å². The molecule has 0 saturated heterocycles. The van der Waals surface area contributed by atoms with Gasteiger partial charge in [0, 0.05) is 27.1 Å². The van der Waals surface area contributed by atoms with Crippen molar-refractivity contribution in [3.05, 3.63) is 0 Å². The Morgan fingerprint density at radius 3 is 1.53 bits per heavy atom. The fraction of sp³-hybridized carbons (Fsp3) is 0.846. The van der Waals surface area contributed by atoms with E-state index in [4.69, 9.17) is 18.9 Å². The van der Waals surface area contributed by atoms with Gasteiger partial charge in [0.2, 0.25) is 0 Å². The van der Waals surface area contributed by atoms with Crippen molar-refractivity contribution in [2.24, 2.45) is 0 Å². The minimum absolute atomic E-state index is 0.121. The number of ether oxygens (including phenoxy) is 4. The molecule has 6 nitrogen and oxygen atoms in total. The lowest BCUT2D eigenvalue weighted by Gasteiger charge is -2.11. The molecule has 0 saturated carbocycles. The highest BCUT2D eigenvalue weighted by atomic mass is 16.6. The molecular weight excluding hydrogens is 252 g/mol. The minimum Gasteiger partial charge on any atom is -0.463 e. The van der Waals surface area contributed by atoms with Crippen LogP contribution in [0.1, 0.15) is 33.1 Å². The standard InChI is InChI=1S/C13H24O6/c1-10(16-3)8-18-12(14)6-5-7-13(15)19-9-11(2)17-4/h10-11H,5-9H2,1-4H3. The Labute approximate surface area is 114 Å². The summed E-state index contributed by atoms with van der Waals surface area (Å²) in [5.41, 5.74) is 0. The highest BCUT2D eigenvalue weighted by molar-refractivity contribution is 5.72. The number of methoxy groups -OCH3 is 2. The summed E-state index contributed by atoms with van der Waals surface area (Å²) in [5.74, 6) is -0.663. The van der Waals surface area contributed by atoms with Crippen LogP contribution in [-0.2, 0) is 28.5 Å². The van der Waals surface area contributed by atoms with Gasteiger partial charge in [0.25, 0.3) is 0 Å². The Hall–Kier alpha value is -1.14. The maximum atomic E-state index is 11.3. The Morgan fingerprint density at radius 1 is 0.842 bits per heavy atom. The van der Waals surface area contributed by atoms with E-state index >= 15 is 0 Å². The highest BCUT2D eigenvalue weighted by Gasteiger charge is 2.10. The van der Waals surface area contributed by atoms with E-state index in [1.165, 1.54) is 0 Å². The van der Waals surface area contributed by atoms with Gasteiger partial charge in [0.15, 0.2) is 0 Å². The van der Waals surface area contributed by atoms with Crippen LogP contribution >= 0.6 is 0 Å². The van der Waals surface area contributed by atoms with E-state index < -0.39 is 0 Å². The molecule has 0 fully saturated rings. The van der Waals surface area contributed by atoms with Crippen LogP contribution < -0.4 is 0 Å². The molecule has 0 spiro atoms. The average Bonchev–Trinajstić information content (AvgIpc) is 2.41. The maximum Gasteiger partial charge on any atom is 0.305 e. The van der Waals surface area contributed by atoms with Gasteiger partial charge in [-0.2, -0.15) is 0 Å². The molecule has 0 N–H and O–H groups in total. The van der Waals surface area contributed by atoms with Crippen molar-refractivity contribution >= 4 is 11.9 Å². The lowest BCUT2D eigenvalue weighted by atomic mass is 10.2. The second-order valence-electron chi connectivity index (χ2n) is 4.31. The second kappa shape index (κ2) is 10.8. The number of hydrogen-bond acceptors (Lipinski definition) is 6. The van der Waals surface area contributed by atoms with E-state index in [2.05, 4.69) is 0 Å². The zero-order valence-electron chi connectivity index (χ0n) is 12.1. The average molecular weight is 276 g/mol. The van der Waals surface area contributed by atoms with Crippen LogP contribution in [0.5, 0.6) is 0 Å². The third kappa shape index (κ3) is 10.5.